The third-order valence-corrected chi connectivity index (χ3v) is 4.09. The molecule has 2 aromatic carbocycles. The number of carbonyl (C=O) groups is 2. The van der Waals surface area contributed by atoms with E-state index in [4.69, 9.17) is 16.3 Å². The van der Waals surface area contributed by atoms with E-state index >= 15 is 0 Å². The topological polar surface area (TPSA) is 98.5 Å². The highest BCUT2D eigenvalue weighted by molar-refractivity contribution is 6.31. The fourth-order valence-corrected chi connectivity index (χ4v) is 2.33. The Balaban J connectivity index is 1.96. The van der Waals surface area contributed by atoms with Crippen LogP contribution in [0, 0.1) is 17.0 Å². The molecule has 0 heterocycles. The number of anilines is 1. The van der Waals surface area contributed by atoms with E-state index in [2.05, 4.69) is 5.32 Å². The van der Waals surface area contributed by atoms with Gasteiger partial charge in [-0.3, -0.25) is 14.9 Å². The maximum absolute atomic E-state index is 12.2. The van der Waals surface area contributed by atoms with Crippen molar-refractivity contribution in [1.82, 2.24) is 0 Å². The molecule has 1 atom stereocenters. The number of nitro benzene ring substituents is 1. The Kier molecular flexibility index (Phi) is 6.67. The van der Waals surface area contributed by atoms with E-state index in [0.29, 0.717) is 21.8 Å². The van der Waals surface area contributed by atoms with E-state index in [0.717, 1.165) is 6.08 Å². The minimum atomic E-state index is -1.04. The van der Waals surface area contributed by atoms with Gasteiger partial charge in [0.1, 0.15) is 0 Å². The fraction of sp³-hybridized carbons (Fsp3) is 0.158. The smallest absolute Gasteiger partial charge is 0.331 e. The van der Waals surface area contributed by atoms with Gasteiger partial charge in [0.15, 0.2) is 6.10 Å². The lowest BCUT2D eigenvalue weighted by Gasteiger charge is -2.14. The Morgan fingerprint density at radius 2 is 1.96 bits per heavy atom. The molecule has 1 amide bonds. The molecule has 0 spiro atoms. The standard InChI is InChI=1S/C19H17ClN2O5/c1-12-16(20)7-4-8-17(12)21-19(24)13(2)27-18(23)10-9-14-5-3-6-15(11-14)22(25)26/h3-11,13H,1-2H3,(H,21,24)/b10-9+/t13-/m0/s1. The zero-order valence-electron chi connectivity index (χ0n) is 14.6. The molecule has 2 aromatic rings. The molecule has 8 heteroatoms. The summed E-state index contributed by atoms with van der Waals surface area (Å²) in [4.78, 5) is 34.3. The molecular formula is C19H17ClN2O5. The van der Waals surface area contributed by atoms with Gasteiger partial charge in [0, 0.05) is 28.9 Å². The number of carbonyl (C=O) groups excluding carboxylic acids is 2. The van der Waals surface area contributed by atoms with Crippen molar-refractivity contribution in [2.24, 2.45) is 0 Å². The lowest BCUT2D eigenvalue weighted by atomic mass is 10.2. The second kappa shape index (κ2) is 8.95. The van der Waals surface area contributed by atoms with Gasteiger partial charge in [-0.05, 0) is 43.2 Å². The molecule has 0 aliphatic heterocycles. The molecule has 0 aliphatic rings. The van der Waals surface area contributed by atoms with E-state index in [9.17, 15) is 19.7 Å². The number of hydrogen-bond donors (Lipinski definition) is 1. The van der Waals surface area contributed by atoms with Crippen molar-refractivity contribution in [1.29, 1.82) is 0 Å². The van der Waals surface area contributed by atoms with Crippen LogP contribution in [0.4, 0.5) is 11.4 Å². The maximum atomic E-state index is 12.2. The molecule has 0 saturated heterocycles. The molecule has 0 aliphatic carbocycles. The van der Waals surface area contributed by atoms with E-state index in [-0.39, 0.29) is 5.69 Å². The summed E-state index contributed by atoms with van der Waals surface area (Å²) in [6.07, 6.45) is 1.44. The van der Waals surface area contributed by atoms with Crippen LogP contribution in [0.2, 0.25) is 5.02 Å². The van der Waals surface area contributed by atoms with Gasteiger partial charge < -0.3 is 10.1 Å². The highest BCUT2D eigenvalue weighted by Gasteiger charge is 2.17. The molecule has 0 unspecified atom stereocenters. The highest BCUT2D eigenvalue weighted by Crippen LogP contribution is 2.23. The number of nitrogens with zero attached hydrogens (tertiary/aromatic N) is 1. The van der Waals surface area contributed by atoms with E-state index in [1.807, 2.05) is 0 Å². The number of non-ortho nitro benzene ring substituents is 1. The Bertz CT molecular complexity index is 911. The number of hydrogen-bond acceptors (Lipinski definition) is 5. The number of halogens is 1. The Labute approximate surface area is 160 Å². The molecule has 0 bridgehead atoms. The second-order valence-electron chi connectivity index (χ2n) is 5.67. The Hall–Kier alpha value is -3.19. The van der Waals surface area contributed by atoms with Crippen molar-refractivity contribution < 1.29 is 19.2 Å². The summed E-state index contributed by atoms with van der Waals surface area (Å²) >= 11 is 6.00. The molecule has 0 fully saturated rings. The van der Waals surface area contributed by atoms with Gasteiger partial charge >= 0.3 is 5.97 Å². The van der Waals surface area contributed by atoms with E-state index in [1.54, 1.807) is 31.2 Å². The van der Waals surface area contributed by atoms with Crippen molar-refractivity contribution >= 4 is 40.9 Å². The quantitative estimate of drug-likeness (QED) is 0.347. The van der Waals surface area contributed by atoms with Crippen LogP contribution in [-0.2, 0) is 14.3 Å². The van der Waals surface area contributed by atoms with Crippen LogP contribution in [0.5, 0.6) is 0 Å². The second-order valence-corrected chi connectivity index (χ2v) is 6.07. The first-order chi connectivity index (χ1) is 12.8. The van der Waals surface area contributed by atoms with E-state index in [1.165, 1.54) is 31.2 Å². The monoisotopic (exact) mass is 388 g/mol. The predicted molar refractivity (Wildman–Crippen MR) is 103 cm³/mol. The Morgan fingerprint density at radius 1 is 1.26 bits per heavy atom. The maximum Gasteiger partial charge on any atom is 0.331 e. The molecule has 140 valence electrons. The van der Waals surface area contributed by atoms with Crippen LogP contribution in [0.1, 0.15) is 18.1 Å². The van der Waals surface area contributed by atoms with Crippen LogP contribution < -0.4 is 5.32 Å². The zero-order valence-corrected chi connectivity index (χ0v) is 15.4. The van der Waals surface area contributed by atoms with E-state index < -0.39 is 22.9 Å². The van der Waals surface area contributed by atoms with Crippen molar-refractivity contribution in [2.45, 2.75) is 20.0 Å². The van der Waals surface area contributed by atoms with Crippen molar-refractivity contribution in [3.05, 3.63) is 74.8 Å². The molecule has 0 aromatic heterocycles. The fourth-order valence-electron chi connectivity index (χ4n) is 2.15. The number of amides is 1. The number of benzene rings is 2. The van der Waals surface area contributed by atoms with Crippen LogP contribution in [0.25, 0.3) is 6.08 Å². The summed E-state index contributed by atoms with van der Waals surface area (Å²) in [6.45, 7) is 3.20. The molecule has 7 nitrogen and oxygen atoms in total. The van der Waals surface area contributed by atoms with Crippen molar-refractivity contribution in [3.63, 3.8) is 0 Å². The molecular weight excluding hydrogens is 372 g/mol. The van der Waals surface area contributed by atoms with Gasteiger partial charge in [-0.2, -0.15) is 0 Å². The van der Waals surface area contributed by atoms with Gasteiger partial charge in [-0.25, -0.2) is 4.79 Å². The summed E-state index contributed by atoms with van der Waals surface area (Å²) in [5.41, 5.74) is 1.61. The molecule has 0 saturated carbocycles. The number of nitrogens with one attached hydrogen (secondary N) is 1. The number of nitro groups is 1. The lowest BCUT2D eigenvalue weighted by Crippen LogP contribution is -2.29. The first-order valence-corrected chi connectivity index (χ1v) is 8.35. The van der Waals surface area contributed by atoms with Crippen molar-refractivity contribution in [3.8, 4) is 0 Å². The summed E-state index contributed by atoms with van der Waals surface area (Å²) in [5.74, 6) is -1.25. The first-order valence-electron chi connectivity index (χ1n) is 7.97. The SMILES string of the molecule is Cc1c(Cl)cccc1NC(=O)[C@H](C)OC(=O)/C=C/c1cccc([N+](=O)[O-])c1. The van der Waals surface area contributed by atoms with Gasteiger partial charge in [0.05, 0.1) is 4.92 Å². The summed E-state index contributed by atoms with van der Waals surface area (Å²) in [6, 6.07) is 10.9. The summed E-state index contributed by atoms with van der Waals surface area (Å²) in [5, 5.41) is 13.9. The van der Waals surface area contributed by atoms with Crippen molar-refractivity contribution in [2.75, 3.05) is 5.32 Å². The predicted octanol–water partition coefficient (Wildman–Crippen LogP) is 4.14. The zero-order chi connectivity index (χ0) is 20.0. The normalized spacial score (nSPS) is 11.8. The molecule has 0 radical (unpaired) electrons. The average molecular weight is 389 g/mol. The first kappa shape index (κ1) is 20.1. The number of esters is 1. The van der Waals surface area contributed by atoms with Gasteiger partial charge in [0.25, 0.3) is 11.6 Å². The highest BCUT2D eigenvalue weighted by atomic mass is 35.5. The minimum absolute atomic E-state index is 0.0878. The largest absolute Gasteiger partial charge is 0.449 e. The van der Waals surface area contributed by atoms with Gasteiger partial charge in [-0.1, -0.05) is 29.8 Å². The van der Waals surface area contributed by atoms with Crippen LogP contribution in [0.15, 0.2) is 48.5 Å². The average Bonchev–Trinajstić information content (AvgIpc) is 2.64. The van der Waals surface area contributed by atoms with Gasteiger partial charge in [0.2, 0.25) is 0 Å². The molecule has 1 N–H and O–H groups in total. The Morgan fingerprint density at radius 3 is 2.67 bits per heavy atom. The molecule has 2 rings (SSSR count). The number of rotatable bonds is 6. The third kappa shape index (κ3) is 5.65. The van der Waals surface area contributed by atoms with Crippen LogP contribution >= 0.6 is 11.6 Å². The lowest BCUT2D eigenvalue weighted by molar-refractivity contribution is -0.384. The summed E-state index contributed by atoms with van der Waals surface area (Å²) in [7, 11) is 0. The number of ether oxygens (including phenoxy) is 1. The van der Waals surface area contributed by atoms with Crippen LogP contribution in [-0.4, -0.2) is 22.9 Å². The summed E-state index contributed by atoms with van der Waals surface area (Å²) < 4.78 is 5.05. The molecule has 27 heavy (non-hydrogen) atoms. The minimum Gasteiger partial charge on any atom is -0.449 e. The van der Waals surface area contributed by atoms with Gasteiger partial charge in [-0.15, -0.1) is 0 Å². The third-order valence-electron chi connectivity index (χ3n) is 3.68. The van der Waals surface area contributed by atoms with Crippen LogP contribution in [0.3, 0.4) is 0 Å².